The van der Waals surface area contributed by atoms with E-state index in [0.29, 0.717) is 0 Å². The number of hydrogen-bond donors (Lipinski definition) is 2. The van der Waals surface area contributed by atoms with Crippen molar-refractivity contribution >= 4 is 5.91 Å². The number of nitrogens with one attached hydrogen (secondary N) is 2. The Hall–Kier alpha value is -0.690. The van der Waals surface area contributed by atoms with E-state index in [4.69, 9.17) is 0 Å². The topological polar surface area (TPSA) is 50.9 Å². The molecule has 2 fully saturated rings. The molecule has 18 heavy (non-hydrogen) atoms. The van der Waals surface area contributed by atoms with Crippen molar-refractivity contribution in [3.63, 3.8) is 0 Å². The second kappa shape index (κ2) is 6.47. The SMILES string of the molecule is CC(C(=O)NN1CCN(C)CC1)N1CCNCC1. The first-order valence-corrected chi connectivity index (χ1v) is 6.85. The second-order valence-electron chi connectivity index (χ2n) is 5.23. The van der Waals surface area contributed by atoms with Crippen LogP contribution in [0.25, 0.3) is 0 Å². The van der Waals surface area contributed by atoms with Gasteiger partial charge in [-0.1, -0.05) is 0 Å². The lowest BCUT2D eigenvalue weighted by Gasteiger charge is -2.36. The summed E-state index contributed by atoms with van der Waals surface area (Å²) in [6.45, 7) is 9.72. The fourth-order valence-corrected chi connectivity index (χ4v) is 2.40. The molecule has 6 heteroatoms. The largest absolute Gasteiger partial charge is 0.314 e. The van der Waals surface area contributed by atoms with Crippen molar-refractivity contribution in [2.45, 2.75) is 13.0 Å². The number of nitrogens with zero attached hydrogens (tertiary/aromatic N) is 3. The Labute approximate surface area is 109 Å². The Kier molecular flexibility index (Phi) is 4.94. The molecule has 2 heterocycles. The summed E-state index contributed by atoms with van der Waals surface area (Å²) in [5.74, 6) is 0.126. The maximum atomic E-state index is 12.2. The van der Waals surface area contributed by atoms with Crippen LogP contribution < -0.4 is 10.7 Å². The normalized spacial score (nSPS) is 25.9. The number of rotatable bonds is 3. The molecule has 0 aliphatic carbocycles. The van der Waals surface area contributed by atoms with E-state index in [2.05, 4.69) is 27.6 Å². The van der Waals surface area contributed by atoms with Gasteiger partial charge in [-0.15, -0.1) is 0 Å². The van der Waals surface area contributed by atoms with Gasteiger partial charge in [-0.3, -0.25) is 15.1 Å². The summed E-state index contributed by atoms with van der Waals surface area (Å²) in [5.41, 5.74) is 3.04. The standard InChI is InChI=1S/C12H25N5O/c1-11(16-5-3-13-4-6-16)12(18)14-17-9-7-15(2)8-10-17/h11,13H,3-10H2,1-2H3,(H,14,18). The predicted molar refractivity (Wildman–Crippen MR) is 71.1 cm³/mol. The van der Waals surface area contributed by atoms with Crippen LogP contribution >= 0.6 is 0 Å². The number of hydrazine groups is 1. The molecule has 2 aliphatic rings. The molecule has 2 rings (SSSR count). The fourth-order valence-electron chi connectivity index (χ4n) is 2.40. The van der Waals surface area contributed by atoms with E-state index in [9.17, 15) is 4.79 Å². The quantitative estimate of drug-likeness (QED) is 0.647. The monoisotopic (exact) mass is 255 g/mol. The van der Waals surface area contributed by atoms with Crippen LogP contribution in [0.2, 0.25) is 0 Å². The Morgan fingerprint density at radius 3 is 2.33 bits per heavy atom. The molecule has 0 aromatic rings. The molecule has 0 saturated carbocycles. The summed E-state index contributed by atoms with van der Waals surface area (Å²) in [6.07, 6.45) is 0. The Morgan fingerprint density at radius 1 is 1.11 bits per heavy atom. The van der Waals surface area contributed by atoms with Crippen LogP contribution in [0.3, 0.4) is 0 Å². The highest BCUT2D eigenvalue weighted by Crippen LogP contribution is 2.02. The van der Waals surface area contributed by atoms with E-state index in [1.807, 2.05) is 11.9 Å². The summed E-state index contributed by atoms with van der Waals surface area (Å²) in [6, 6.07) is -0.0354. The molecule has 0 bridgehead atoms. The molecule has 0 aromatic heterocycles. The number of likely N-dealkylation sites (N-methyl/N-ethyl adjacent to an activating group) is 1. The lowest BCUT2D eigenvalue weighted by Crippen LogP contribution is -2.58. The van der Waals surface area contributed by atoms with Gasteiger partial charge in [0.1, 0.15) is 0 Å². The number of carbonyl (C=O) groups is 1. The zero-order valence-electron chi connectivity index (χ0n) is 11.5. The van der Waals surface area contributed by atoms with Gasteiger partial charge in [0.2, 0.25) is 0 Å². The van der Waals surface area contributed by atoms with Crippen LogP contribution in [0.4, 0.5) is 0 Å². The molecule has 2 saturated heterocycles. The molecule has 0 spiro atoms. The Balaban J connectivity index is 1.76. The summed E-state index contributed by atoms with van der Waals surface area (Å²) >= 11 is 0. The number of piperazine rings is 2. The first kappa shape index (κ1) is 13.7. The highest BCUT2D eigenvalue weighted by molar-refractivity contribution is 5.80. The summed E-state index contributed by atoms with van der Waals surface area (Å²) in [4.78, 5) is 16.7. The van der Waals surface area contributed by atoms with E-state index < -0.39 is 0 Å². The smallest absolute Gasteiger partial charge is 0.251 e. The van der Waals surface area contributed by atoms with E-state index >= 15 is 0 Å². The van der Waals surface area contributed by atoms with Gasteiger partial charge in [-0.25, -0.2) is 5.01 Å². The highest BCUT2D eigenvalue weighted by atomic mass is 16.2. The van der Waals surface area contributed by atoms with Crippen LogP contribution in [-0.2, 0) is 4.79 Å². The van der Waals surface area contributed by atoms with Crippen LogP contribution in [0.1, 0.15) is 6.92 Å². The van der Waals surface area contributed by atoms with Crippen molar-refractivity contribution in [1.29, 1.82) is 0 Å². The van der Waals surface area contributed by atoms with Gasteiger partial charge in [0.05, 0.1) is 6.04 Å². The number of carbonyl (C=O) groups excluding carboxylic acids is 1. The average Bonchev–Trinajstić information content (AvgIpc) is 2.41. The zero-order valence-corrected chi connectivity index (χ0v) is 11.5. The van der Waals surface area contributed by atoms with E-state index in [0.717, 1.165) is 52.4 Å². The molecular formula is C12H25N5O. The minimum absolute atomic E-state index is 0.0354. The molecule has 1 amide bonds. The minimum atomic E-state index is -0.0354. The highest BCUT2D eigenvalue weighted by Gasteiger charge is 2.24. The molecule has 1 atom stereocenters. The molecule has 0 aromatic carbocycles. The molecule has 6 nitrogen and oxygen atoms in total. The molecular weight excluding hydrogens is 230 g/mol. The number of hydrogen-bond acceptors (Lipinski definition) is 5. The predicted octanol–water partition coefficient (Wildman–Crippen LogP) is -1.44. The van der Waals surface area contributed by atoms with Gasteiger partial charge in [-0.05, 0) is 14.0 Å². The first-order valence-electron chi connectivity index (χ1n) is 6.85. The zero-order chi connectivity index (χ0) is 13.0. The van der Waals surface area contributed by atoms with Crippen LogP contribution in [0.5, 0.6) is 0 Å². The van der Waals surface area contributed by atoms with Gasteiger partial charge in [0.25, 0.3) is 5.91 Å². The number of amides is 1. The van der Waals surface area contributed by atoms with Gasteiger partial charge >= 0.3 is 0 Å². The van der Waals surface area contributed by atoms with Crippen molar-refractivity contribution in [2.24, 2.45) is 0 Å². The Bertz CT molecular complexity index is 272. The van der Waals surface area contributed by atoms with Crippen LogP contribution in [0, 0.1) is 0 Å². The van der Waals surface area contributed by atoms with Crippen molar-refractivity contribution in [1.82, 2.24) is 25.6 Å². The molecule has 1 unspecified atom stereocenters. The van der Waals surface area contributed by atoms with Gasteiger partial charge in [-0.2, -0.15) is 0 Å². The lowest BCUT2D eigenvalue weighted by atomic mass is 10.2. The van der Waals surface area contributed by atoms with E-state index in [1.165, 1.54) is 0 Å². The first-order chi connectivity index (χ1) is 8.66. The second-order valence-corrected chi connectivity index (χ2v) is 5.23. The molecule has 0 radical (unpaired) electrons. The molecule has 2 N–H and O–H groups in total. The average molecular weight is 255 g/mol. The summed E-state index contributed by atoms with van der Waals surface area (Å²) < 4.78 is 0. The van der Waals surface area contributed by atoms with Gasteiger partial charge in [0, 0.05) is 52.4 Å². The summed E-state index contributed by atoms with van der Waals surface area (Å²) in [5, 5.41) is 5.35. The van der Waals surface area contributed by atoms with Crippen molar-refractivity contribution in [2.75, 3.05) is 59.4 Å². The maximum Gasteiger partial charge on any atom is 0.251 e. The molecule has 2 aliphatic heterocycles. The van der Waals surface area contributed by atoms with E-state index in [-0.39, 0.29) is 11.9 Å². The van der Waals surface area contributed by atoms with Crippen LogP contribution in [0.15, 0.2) is 0 Å². The fraction of sp³-hybridized carbons (Fsp3) is 0.917. The minimum Gasteiger partial charge on any atom is -0.314 e. The van der Waals surface area contributed by atoms with Crippen molar-refractivity contribution < 1.29 is 4.79 Å². The third kappa shape index (κ3) is 3.65. The summed E-state index contributed by atoms with van der Waals surface area (Å²) in [7, 11) is 2.11. The van der Waals surface area contributed by atoms with E-state index in [1.54, 1.807) is 0 Å². The van der Waals surface area contributed by atoms with Gasteiger partial charge < -0.3 is 10.2 Å². The molecule has 104 valence electrons. The van der Waals surface area contributed by atoms with Crippen LogP contribution in [-0.4, -0.2) is 86.2 Å². The van der Waals surface area contributed by atoms with Gasteiger partial charge in [0.15, 0.2) is 0 Å². The Morgan fingerprint density at radius 2 is 1.72 bits per heavy atom. The lowest BCUT2D eigenvalue weighted by molar-refractivity contribution is -0.131. The van der Waals surface area contributed by atoms with Crippen molar-refractivity contribution in [3.8, 4) is 0 Å². The third-order valence-electron chi connectivity index (χ3n) is 3.85. The maximum absolute atomic E-state index is 12.2. The third-order valence-corrected chi connectivity index (χ3v) is 3.85. The van der Waals surface area contributed by atoms with Crippen molar-refractivity contribution in [3.05, 3.63) is 0 Å².